The fourth-order valence-corrected chi connectivity index (χ4v) is 4.87. The number of carbonyl (C=O) groups excluding carboxylic acids is 3. The van der Waals surface area contributed by atoms with E-state index in [9.17, 15) is 39.9 Å². The Balaban J connectivity index is 1.76. The van der Waals surface area contributed by atoms with E-state index in [0.29, 0.717) is 29.9 Å². The van der Waals surface area contributed by atoms with Crippen molar-refractivity contribution < 1.29 is 58.9 Å². The highest BCUT2D eigenvalue weighted by molar-refractivity contribution is 6.32. The number of rotatable bonds is 15. The fourth-order valence-electron chi connectivity index (χ4n) is 4.67. The summed E-state index contributed by atoms with van der Waals surface area (Å²) in [6.45, 7) is -1.38. The minimum absolute atomic E-state index is 0.0446. The second-order valence-corrected chi connectivity index (χ2v) is 10.8. The molecular weight excluding hydrogens is 628 g/mol. The second kappa shape index (κ2) is 17.1. The molecule has 2 amide bonds. The summed E-state index contributed by atoms with van der Waals surface area (Å²) >= 11 is 5.88. The maximum absolute atomic E-state index is 13.0. The number of halogens is 1. The van der Waals surface area contributed by atoms with Crippen LogP contribution in [0.2, 0.25) is 5.02 Å². The maximum atomic E-state index is 13.0. The average Bonchev–Trinajstić information content (AvgIpc) is 3.05. The monoisotopic (exact) mass is 664 g/mol. The number of methoxy groups -OCH3 is 1. The van der Waals surface area contributed by atoms with E-state index in [-0.39, 0.29) is 23.8 Å². The Bertz CT molecular complexity index is 1380. The van der Waals surface area contributed by atoms with Gasteiger partial charge in [-0.25, -0.2) is 4.79 Å². The van der Waals surface area contributed by atoms with Crippen LogP contribution >= 0.6 is 11.6 Å². The molecule has 7 N–H and O–H groups in total. The van der Waals surface area contributed by atoms with Crippen molar-refractivity contribution in [2.24, 2.45) is 0 Å². The molecule has 2 aromatic rings. The first kappa shape index (κ1) is 36.5. The number of phenols is 1. The normalized spacial score (nSPS) is 22.2. The summed E-state index contributed by atoms with van der Waals surface area (Å²) in [5, 5.41) is 56.7. The van der Waals surface area contributed by atoms with Gasteiger partial charge in [0.25, 0.3) is 5.79 Å². The van der Waals surface area contributed by atoms with Gasteiger partial charge < -0.3 is 55.1 Å². The van der Waals surface area contributed by atoms with Crippen LogP contribution in [0, 0.1) is 12.3 Å². The first-order chi connectivity index (χ1) is 21.9. The molecule has 1 heterocycles. The summed E-state index contributed by atoms with van der Waals surface area (Å²) in [5.74, 6) is -2.02. The van der Waals surface area contributed by atoms with Crippen LogP contribution in [0.4, 0.5) is 0 Å². The maximum Gasteiger partial charge on any atom is 0.366 e. The van der Waals surface area contributed by atoms with E-state index < -0.39 is 73.6 Å². The second-order valence-electron chi connectivity index (χ2n) is 10.4. The Labute approximate surface area is 270 Å². The van der Waals surface area contributed by atoms with Crippen LogP contribution in [0.25, 0.3) is 0 Å². The van der Waals surface area contributed by atoms with Crippen LogP contribution in [0.1, 0.15) is 24.0 Å². The average molecular weight is 665 g/mol. The van der Waals surface area contributed by atoms with Gasteiger partial charge in [0.2, 0.25) is 11.8 Å². The minimum atomic E-state index is -2.30. The van der Waals surface area contributed by atoms with E-state index in [0.717, 1.165) is 7.11 Å². The van der Waals surface area contributed by atoms with Gasteiger partial charge in [0.05, 0.1) is 50.0 Å². The van der Waals surface area contributed by atoms with Gasteiger partial charge in [0, 0.05) is 19.4 Å². The number of ether oxygens (including phenoxy) is 4. The van der Waals surface area contributed by atoms with E-state index in [4.69, 9.17) is 37.0 Å². The van der Waals surface area contributed by atoms with Crippen LogP contribution < -0.4 is 15.4 Å². The van der Waals surface area contributed by atoms with Crippen molar-refractivity contribution in [1.29, 1.82) is 0 Å². The highest BCUT2D eigenvalue weighted by atomic mass is 35.5. The lowest BCUT2D eigenvalue weighted by atomic mass is 9.88. The fraction of sp³-hybridized carbons (Fsp3) is 0.452. The predicted molar refractivity (Wildman–Crippen MR) is 161 cm³/mol. The smallest absolute Gasteiger partial charge is 0.366 e. The standard InChI is InChI=1S/C31H37ClN2O12/c1-3-4-11-44-20-8-5-18(6-9-20)17-45-31(30(42)43-2)14-23(37)27(34-26(40)16-35)29(46-31)28(41)24(38)15-33-25(39)13-19-7-10-22(36)21(32)12-19/h1,5-10,12,23-24,27-29,35-38,41H,4,11,13-17H2,2H3,(H,33,39)(H,34,40)/t23-,24+,27+,28+,29+,31+/m0/s1. The Hall–Kier alpha value is -3.94. The zero-order valence-electron chi connectivity index (χ0n) is 24.9. The molecule has 3 rings (SSSR count). The topological polar surface area (TPSA) is 213 Å². The molecule has 1 aliphatic heterocycles. The van der Waals surface area contributed by atoms with E-state index in [1.807, 2.05) is 0 Å². The van der Waals surface area contributed by atoms with Crippen LogP contribution in [0.5, 0.6) is 11.5 Å². The number of nitrogens with one attached hydrogen (secondary N) is 2. The number of terminal acetylenes is 1. The number of esters is 1. The van der Waals surface area contributed by atoms with Crippen LogP contribution in [-0.4, -0.2) is 106 Å². The van der Waals surface area contributed by atoms with Gasteiger partial charge in [-0.2, -0.15) is 0 Å². The molecule has 15 heteroatoms. The number of aromatic hydroxyl groups is 1. The molecule has 6 atom stereocenters. The molecule has 0 unspecified atom stereocenters. The van der Waals surface area contributed by atoms with Gasteiger partial charge in [-0.15, -0.1) is 12.3 Å². The molecule has 250 valence electrons. The summed E-state index contributed by atoms with van der Waals surface area (Å²) in [5.41, 5.74) is 1.03. The molecule has 14 nitrogen and oxygen atoms in total. The van der Waals surface area contributed by atoms with Crippen molar-refractivity contribution in [3.05, 3.63) is 58.6 Å². The molecule has 2 aromatic carbocycles. The van der Waals surface area contributed by atoms with E-state index in [1.165, 1.54) is 18.2 Å². The molecule has 0 aromatic heterocycles. The van der Waals surface area contributed by atoms with Gasteiger partial charge in [0.1, 0.15) is 30.3 Å². The molecule has 1 aliphatic rings. The van der Waals surface area contributed by atoms with Crippen LogP contribution in [-0.2, 0) is 41.6 Å². The Morgan fingerprint density at radius 3 is 2.48 bits per heavy atom. The summed E-state index contributed by atoms with van der Waals surface area (Å²) in [6.07, 6.45) is -2.05. The summed E-state index contributed by atoms with van der Waals surface area (Å²) in [4.78, 5) is 37.6. The zero-order chi connectivity index (χ0) is 33.9. The van der Waals surface area contributed by atoms with Gasteiger partial charge in [-0.1, -0.05) is 29.8 Å². The quantitative estimate of drug-likeness (QED) is 0.0732. The van der Waals surface area contributed by atoms with E-state index in [2.05, 4.69) is 16.6 Å². The first-order valence-corrected chi connectivity index (χ1v) is 14.5. The number of amides is 2. The van der Waals surface area contributed by atoms with E-state index >= 15 is 0 Å². The minimum Gasteiger partial charge on any atom is -0.506 e. The van der Waals surface area contributed by atoms with Crippen molar-refractivity contribution in [2.45, 2.75) is 62.1 Å². The molecule has 0 saturated carbocycles. The van der Waals surface area contributed by atoms with Gasteiger partial charge in [0.15, 0.2) is 0 Å². The lowest BCUT2D eigenvalue weighted by molar-refractivity contribution is -0.315. The first-order valence-electron chi connectivity index (χ1n) is 14.2. The molecule has 46 heavy (non-hydrogen) atoms. The highest BCUT2D eigenvalue weighted by Crippen LogP contribution is 2.35. The summed E-state index contributed by atoms with van der Waals surface area (Å²) < 4.78 is 22.2. The van der Waals surface area contributed by atoms with Crippen LogP contribution in [0.3, 0.4) is 0 Å². The number of hydrogen-bond acceptors (Lipinski definition) is 12. The van der Waals surface area contributed by atoms with Crippen LogP contribution in [0.15, 0.2) is 42.5 Å². The molecular formula is C31H37ClN2O12. The SMILES string of the molecule is C#CCCOc1ccc(CO[C@]2(C(=O)OC)C[C@H](O)[C@@H](NC(=O)CO)[C@H]([C@H](O)[C@H](O)CNC(=O)Cc3ccc(O)c(Cl)c3)O2)cc1. The Kier molecular flexibility index (Phi) is 13.6. The Morgan fingerprint density at radius 2 is 1.85 bits per heavy atom. The number of carbonyl (C=O) groups is 3. The van der Waals surface area contributed by atoms with Gasteiger partial charge >= 0.3 is 5.97 Å². The Morgan fingerprint density at radius 1 is 1.15 bits per heavy atom. The zero-order valence-corrected chi connectivity index (χ0v) is 25.7. The molecule has 0 bridgehead atoms. The van der Waals surface area contributed by atoms with Crippen molar-refractivity contribution in [2.75, 3.05) is 26.9 Å². The number of hydrogen-bond donors (Lipinski definition) is 7. The van der Waals surface area contributed by atoms with Crippen molar-refractivity contribution in [3.8, 4) is 23.8 Å². The number of aliphatic hydroxyl groups is 4. The van der Waals surface area contributed by atoms with Crippen molar-refractivity contribution in [1.82, 2.24) is 10.6 Å². The lowest BCUT2D eigenvalue weighted by Crippen LogP contribution is -2.68. The van der Waals surface area contributed by atoms with Gasteiger partial charge in [-0.05, 0) is 35.4 Å². The number of benzene rings is 2. The molecule has 0 radical (unpaired) electrons. The molecule has 0 spiro atoms. The van der Waals surface area contributed by atoms with Crippen molar-refractivity contribution >= 4 is 29.4 Å². The van der Waals surface area contributed by atoms with Gasteiger partial charge in [-0.3, -0.25) is 9.59 Å². The molecule has 0 aliphatic carbocycles. The van der Waals surface area contributed by atoms with E-state index in [1.54, 1.807) is 24.3 Å². The molecule has 1 saturated heterocycles. The largest absolute Gasteiger partial charge is 0.506 e. The summed E-state index contributed by atoms with van der Waals surface area (Å²) in [7, 11) is 1.06. The predicted octanol–water partition coefficient (Wildman–Crippen LogP) is -0.459. The summed E-state index contributed by atoms with van der Waals surface area (Å²) in [6, 6.07) is 9.39. The van der Waals surface area contributed by atoms with Crippen molar-refractivity contribution in [3.63, 3.8) is 0 Å². The molecule has 1 fully saturated rings. The highest BCUT2D eigenvalue weighted by Gasteiger charge is 2.56. The third-order valence-corrected chi connectivity index (χ3v) is 7.37. The third-order valence-electron chi connectivity index (χ3n) is 7.07. The number of phenolic OH excluding ortho intramolecular Hbond substituents is 1. The number of aliphatic hydroxyl groups excluding tert-OH is 4. The third kappa shape index (κ3) is 9.78. The lowest BCUT2D eigenvalue weighted by Gasteiger charge is -2.47.